The van der Waals surface area contributed by atoms with E-state index in [0.29, 0.717) is 12.6 Å². The van der Waals surface area contributed by atoms with Gasteiger partial charge in [-0.3, -0.25) is 4.90 Å². The summed E-state index contributed by atoms with van der Waals surface area (Å²) in [5, 5.41) is 17.8. The van der Waals surface area contributed by atoms with Crippen LogP contribution < -0.4 is 0 Å². The van der Waals surface area contributed by atoms with Gasteiger partial charge in [-0.1, -0.05) is 13.8 Å². The molecule has 112 valence electrons. The van der Waals surface area contributed by atoms with Gasteiger partial charge in [0.05, 0.1) is 6.61 Å². The van der Waals surface area contributed by atoms with Crippen molar-refractivity contribution in [1.29, 1.82) is 0 Å². The maximum atomic E-state index is 10.5. The molecule has 0 amide bonds. The smallest absolute Gasteiger partial charge is 0.328 e. The van der Waals surface area contributed by atoms with Crippen LogP contribution >= 0.6 is 11.3 Å². The Morgan fingerprint density at radius 3 is 2.65 bits per heavy atom. The lowest BCUT2D eigenvalue weighted by atomic mass is 10.1. The van der Waals surface area contributed by atoms with E-state index in [1.165, 1.54) is 4.88 Å². The van der Waals surface area contributed by atoms with Crippen molar-refractivity contribution in [3.63, 3.8) is 0 Å². The maximum absolute atomic E-state index is 10.5. The molecule has 0 bridgehead atoms. The number of thiophene rings is 1. The van der Waals surface area contributed by atoms with Crippen LogP contribution in [0, 0.1) is 0 Å². The van der Waals surface area contributed by atoms with E-state index in [1.807, 2.05) is 12.1 Å². The van der Waals surface area contributed by atoms with Crippen molar-refractivity contribution < 1.29 is 15.0 Å². The molecule has 0 saturated carbocycles. The molecule has 4 nitrogen and oxygen atoms in total. The van der Waals surface area contributed by atoms with Crippen LogP contribution in [0.5, 0.6) is 0 Å². The van der Waals surface area contributed by atoms with E-state index in [2.05, 4.69) is 18.7 Å². The van der Waals surface area contributed by atoms with Gasteiger partial charge in [-0.25, -0.2) is 4.79 Å². The van der Waals surface area contributed by atoms with Gasteiger partial charge in [0.15, 0.2) is 0 Å². The Kier molecular flexibility index (Phi) is 7.51. The Hall–Kier alpha value is -1.17. The number of aliphatic hydroxyl groups excluding tert-OH is 1. The number of carboxylic acids is 1. The van der Waals surface area contributed by atoms with E-state index in [9.17, 15) is 9.90 Å². The lowest BCUT2D eigenvalue weighted by molar-refractivity contribution is -0.131. The first-order valence-corrected chi connectivity index (χ1v) is 7.76. The normalized spacial score (nSPS) is 11.8. The van der Waals surface area contributed by atoms with E-state index in [1.54, 1.807) is 17.4 Å². The fourth-order valence-electron chi connectivity index (χ4n) is 2.25. The van der Waals surface area contributed by atoms with Gasteiger partial charge in [0, 0.05) is 35.0 Å². The molecule has 0 atom stereocenters. The number of hydrogen-bond donors (Lipinski definition) is 2. The van der Waals surface area contributed by atoms with Gasteiger partial charge in [0.2, 0.25) is 0 Å². The molecule has 0 unspecified atom stereocenters. The van der Waals surface area contributed by atoms with Gasteiger partial charge in [-0.05, 0) is 31.1 Å². The molecule has 0 aromatic carbocycles. The fraction of sp³-hybridized carbons (Fsp3) is 0.533. The van der Waals surface area contributed by atoms with Crippen LogP contribution in [0.2, 0.25) is 0 Å². The van der Waals surface area contributed by atoms with Crippen molar-refractivity contribution in [2.24, 2.45) is 0 Å². The second-order valence-electron chi connectivity index (χ2n) is 4.64. The summed E-state index contributed by atoms with van der Waals surface area (Å²) < 4.78 is 0. The van der Waals surface area contributed by atoms with E-state index in [-0.39, 0.29) is 6.61 Å². The van der Waals surface area contributed by atoms with Crippen LogP contribution in [0.3, 0.4) is 0 Å². The minimum Gasteiger partial charge on any atom is -0.478 e. The van der Waals surface area contributed by atoms with Crippen molar-refractivity contribution >= 4 is 23.4 Å². The van der Waals surface area contributed by atoms with Crippen molar-refractivity contribution in [3.05, 3.63) is 28.0 Å². The lowest BCUT2D eigenvalue weighted by Gasteiger charge is -2.29. The molecule has 0 saturated heterocycles. The van der Waals surface area contributed by atoms with Gasteiger partial charge < -0.3 is 10.2 Å². The fourth-order valence-corrected chi connectivity index (χ4v) is 3.19. The first-order valence-electron chi connectivity index (χ1n) is 6.95. The molecule has 2 N–H and O–H groups in total. The zero-order chi connectivity index (χ0) is 15.0. The summed E-state index contributed by atoms with van der Waals surface area (Å²) in [7, 11) is 0. The Morgan fingerprint density at radius 2 is 2.10 bits per heavy atom. The largest absolute Gasteiger partial charge is 0.478 e. The molecule has 20 heavy (non-hydrogen) atoms. The highest BCUT2D eigenvalue weighted by atomic mass is 32.1. The molecular formula is C15H23NO3S. The zero-order valence-electron chi connectivity index (χ0n) is 12.1. The van der Waals surface area contributed by atoms with E-state index < -0.39 is 5.97 Å². The summed E-state index contributed by atoms with van der Waals surface area (Å²) in [6, 6.07) is 4.44. The van der Waals surface area contributed by atoms with Gasteiger partial charge in [0.1, 0.15) is 0 Å². The van der Waals surface area contributed by atoms with Crippen molar-refractivity contribution in [2.45, 2.75) is 39.3 Å². The number of aliphatic hydroxyl groups is 1. The topological polar surface area (TPSA) is 60.8 Å². The van der Waals surface area contributed by atoms with Crippen LogP contribution in [-0.4, -0.2) is 40.3 Å². The predicted molar refractivity (Wildman–Crippen MR) is 82.9 cm³/mol. The first kappa shape index (κ1) is 16.9. The molecule has 1 aromatic heterocycles. The average Bonchev–Trinajstić information content (AvgIpc) is 2.86. The summed E-state index contributed by atoms with van der Waals surface area (Å²) in [6.45, 7) is 5.96. The van der Waals surface area contributed by atoms with Crippen LogP contribution in [0.15, 0.2) is 18.2 Å². The third-order valence-corrected chi connectivity index (χ3v) is 4.31. The van der Waals surface area contributed by atoms with E-state index in [0.717, 1.165) is 30.3 Å². The number of rotatable bonds is 9. The molecule has 0 aliphatic rings. The minimum absolute atomic E-state index is 0.160. The molecular weight excluding hydrogens is 274 g/mol. The Balaban J connectivity index is 2.71. The van der Waals surface area contributed by atoms with E-state index >= 15 is 0 Å². The molecule has 0 aliphatic carbocycles. The van der Waals surface area contributed by atoms with Crippen molar-refractivity contribution in [1.82, 2.24) is 4.90 Å². The Bertz CT molecular complexity index is 438. The van der Waals surface area contributed by atoms with Gasteiger partial charge >= 0.3 is 5.97 Å². The highest BCUT2D eigenvalue weighted by Gasteiger charge is 2.15. The molecule has 5 heteroatoms. The van der Waals surface area contributed by atoms with Crippen molar-refractivity contribution in [2.75, 3.05) is 13.2 Å². The van der Waals surface area contributed by atoms with Crippen LogP contribution in [0.4, 0.5) is 0 Å². The highest BCUT2D eigenvalue weighted by molar-refractivity contribution is 7.12. The second-order valence-corrected chi connectivity index (χ2v) is 5.84. The lowest BCUT2D eigenvalue weighted by Crippen LogP contribution is -2.35. The van der Waals surface area contributed by atoms with Gasteiger partial charge in [-0.2, -0.15) is 0 Å². The summed E-state index contributed by atoms with van der Waals surface area (Å²) in [6.07, 6.45) is 4.90. The van der Waals surface area contributed by atoms with E-state index in [4.69, 9.17) is 5.11 Å². The number of nitrogens with zero attached hydrogens (tertiary/aromatic N) is 1. The quantitative estimate of drug-likeness (QED) is 0.688. The number of hydrogen-bond acceptors (Lipinski definition) is 4. The highest BCUT2D eigenvalue weighted by Crippen LogP contribution is 2.21. The van der Waals surface area contributed by atoms with Gasteiger partial charge in [-0.15, -0.1) is 11.3 Å². The molecule has 0 spiro atoms. The molecule has 0 radical (unpaired) electrons. The summed E-state index contributed by atoms with van der Waals surface area (Å²) in [5.74, 6) is -0.932. The van der Waals surface area contributed by atoms with Crippen LogP contribution in [0.25, 0.3) is 6.08 Å². The number of carbonyl (C=O) groups is 1. The molecule has 0 aliphatic heterocycles. The predicted octanol–water partition coefficient (Wildman–Crippen LogP) is 2.83. The monoisotopic (exact) mass is 297 g/mol. The maximum Gasteiger partial charge on any atom is 0.328 e. The summed E-state index contributed by atoms with van der Waals surface area (Å²) in [4.78, 5) is 14.9. The summed E-state index contributed by atoms with van der Waals surface area (Å²) in [5.41, 5.74) is 0. The third kappa shape index (κ3) is 5.45. The molecule has 1 rings (SSSR count). The first-order chi connectivity index (χ1) is 9.60. The standard InChI is InChI=1S/C15H23NO3S/c1-3-12(4-2)16(9-10-17)11-14-6-5-13(20-14)7-8-15(18)19/h5-8,12,17H,3-4,9-11H2,1-2H3,(H,18,19). The van der Waals surface area contributed by atoms with Crippen molar-refractivity contribution in [3.8, 4) is 0 Å². The van der Waals surface area contributed by atoms with Gasteiger partial charge in [0.25, 0.3) is 0 Å². The number of aliphatic carboxylic acids is 1. The minimum atomic E-state index is -0.932. The van der Waals surface area contributed by atoms with Crippen LogP contribution in [-0.2, 0) is 11.3 Å². The third-order valence-electron chi connectivity index (χ3n) is 3.28. The molecule has 1 aromatic rings. The molecule has 0 fully saturated rings. The SMILES string of the molecule is CCC(CC)N(CCO)Cc1ccc(C=CC(=O)O)s1. The zero-order valence-corrected chi connectivity index (χ0v) is 12.9. The number of carboxylic acid groups (broad SMARTS) is 1. The Labute approximate surface area is 124 Å². The molecule has 1 heterocycles. The van der Waals surface area contributed by atoms with Crippen LogP contribution in [0.1, 0.15) is 36.4 Å². The average molecular weight is 297 g/mol. The Morgan fingerprint density at radius 1 is 1.40 bits per heavy atom. The summed E-state index contributed by atoms with van der Waals surface area (Å²) >= 11 is 1.59. The second kappa shape index (κ2) is 8.89.